The van der Waals surface area contributed by atoms with Crippen molar-refractivity contribution >= 4 is 5.91 Å². The van der Waals surface area contributed by atoms with Crippen molar-refractivity contribution in [2.75, 3.05) is 19.7 Å². The first-order valence-electron chi connectivity index (χ1n) is 4.87. The molecule has 0 aliphatic rings. The Bertz CT molecular complexity index is 326. The van der Waals surface area contributed by atoms with Crippen LogP contribution < -0.4 is 15.8 Å². The van der Waals surface area contributed by atoms with E-state index in [9.17, 15) is 4.79 Å². The largest absolute Gasteiger partial charge is 0.492 e. The van der Waals surface area contributed by atoms with Gasteiger partial charge < -0.3 is 15.8 Å². The molecule has 0 aliphatic carbocycles. The standard InChI is InChI=1S/C11H16N2O2/c1-9-3-2-4-10(7-9)15-6-5-13-8-11(12)14/h2-4,7,13H,5-6,8H2,1H3,(H2,12,14). The van der Waals surface area contributed by atoms with E-state index in [0.29, 0.717) is 13.2 Å². The number of amides is 1. The van der Waals surface area contributed by atoms with Gasteiger partial charge in [0.2, 0.25) is 5.91 Å². The average molecular weight is 208 g/mol. The number of carbonyl (C=O) groups excluding carboxylic acids is 1. The van der Waals surface area contributed by atoms with Gasteiger partial charge in [0, 0.05) is 6.54 Å². The molecule has 4 heteroatoms. The molecule has 82 valence electrons. The number of hydrogen-bond donors (Lipinski definition) is 2. The van der Waals surface area contributed by atoms with Crippen molar-refractivity contribution in [1.82, 2.24) is 5.32 Å². The SMILES string of the molecule is Cc1cccc(OCCNCC(N)=O)c1. The summed E-state index contributed by atoms with van der Waals surface area (Å²) in [5.74, 6) is 0.487. The quantitative estimate of drug-likeness (QED) is 0.667. The minimum atomic E-state index is -0.356. The van der Waals surface area contributed by atoms with Crippen molar-refractivity contribution in [1.29, 1.82) is 0 Å². The van der Waals surface area contributed by atoms with E-state index in [-0.39, 0.29) is 12.5 Å². The molecule has 3 N–H and O–H groups in total. The van der Waals surface area contributed by atoms with Gasteiger partial charge in [0.15, 0.2) is 0 Å². The maximum Gasteiger partial charge on any atom is 0.231 e. The number of ether oxygens (including phenoxy) is 1. The van der Waals surface area contributed by atoms with Crippen molar-refractivity contribution in [2.45, 2.75) is 6.92 Å². The zero-order valence-corrected chi connectivity index (χ0v) is 8.82. The molecule has 0 aromatic heterocycles. The molecule has 0 radical (unpaired) electrons. The number of rotatable bonds is 6. The van der Waals surface area contributed by atoms with Crippen LogP contribution in [0.1, 0.15) is 5.56 Å². The van der Waals surface area contributed by atoms with Crippen LogP contribution in [0.2, 0.25) is 0 Å². The molecule has 15 heavy (non-hydrogen) atoms. The summed E-state index contributed by atoms with van der Waals surface area (Å²) in [5.41, 5.74) is 6.13. The molecule has 0 bridgehead atoms. The van der Waals surface area contributed by atoms with Gasteiger partial charge >= 0.3 is 0 Å². The van der Waals surface area contributed by atoms with Gasteiger partial charge in [-0.2, -0.15) is 0 Å². The Balaban J connectivity index is 2.17. The molecule has 0 unspecified atom stereocenters. The second-order valence-corrected chi connectivity index (χ2v) is 3.31. The molecule has 0 atom stereocenters. The lowest BCUT2D eigenvalue weighted by molar-refractivity contribution is -0.117. The summed E-state index contributed by atoms with van der Waals surface area (Å²) >= 11 is 0. The molecular formula is C11H16N2O2. The molecule has 0 aliphatic heterocycles. The smallest absolute Gasteiger partial charge is 0.231 e. The van der Waals surface area contributed by atoms with Crippen molar-refractivity contribution in [3.05, 3.63) is 29.8 Å². The van der Waals surface area contributed by atoms with Crippen LogP contribution in [-0.2, 0) is 4.79 Å². The zero-order chi connectivity index (χ0) is 11.1. The van der Waals surface area contributed by atoms with Crippen molar-refractivity contribution in [2.24, 2.45) is 5.73 Å². The molecule has 1 aromatic rings. The van der Waals surface area contributed by atoms with Gasteiger partial charge in [0.05, 0.1) is 6.54 Å². The molecule has 0 heterocycles. The Kier molecular flexibility index (Phi) is 4.63. The fourth-order valence-electron chi connectivity index (χ4n) is 1.16. The van der Waals surface area contributed by atoms with E-state index in [1.165, 1.54) is 0 Å². The van der Waals surface area contributed by atoms with Gasteiger partial charge in [-0.25, -0.2) is 0 Å². The van der Waals surface area contributed by atoms with E-state index in [1.54, 1.807) is 0 Å². The number of nitrogens with two attached hydrogens (primary N) is 1. The molecule has 1 amide bonds. The number of primary amides is 1. The summed E-state index contributed by atoms with van der Waals surface area (Å²) in [4.78, 5) is 10.4. The van der Waals surface area contributed by atoms with Gasteiger partial charge in [-0.1, -0.05) is 12.1 Å². The van der Waals surface area contributed by atoms with Gasteiger partial charge in [-0.3, -0.25) is 4.79 Å². The third-order valence-corrected chi connectivity index (χ3v) is 1.84. The maximum atomic E-state index is 10.4. The maximum absolute atomic E-state index is 10.4. The first-order valence-corrected chi connectivity index (χ1v) is 4.87. The van der Waals surface area contributed by atoms with E-state index in [0.717, 1.165) is 11.3 Å². The van der Waals surface area contributed by atoms with Crippen LogP contribution in [0.3, 0.4) is 0 Å². The molecule has 0 saturated heterocycles. The molecule has 4 nitrogen and oxygen atoms in total. The Morgan fingerprint density at radius 2 is 2.33 bits per heavy atom. The first-order chi connectivity index (χ1) is 7.18. The Labute approximate surface area is 89.4 Å². The van der Waals surface area contributed by atoms with Crippen molar-refractivity contribution in [3.63, 3.8) is 0 Å². The molecule has 0 spiro atoms. The van der Waals surface area contributed by atoms with Gasteiger partial charge in [-0.05, 0) is 24.6 Å². The van der Waals surface area contributed by atoms with E-state index < -0.39 is 0 Å². The monoisotopic (exact) mass is 208 g/mol. The fourth-order valence-corrected chi connectivity index (χ4v) is 1.16. The predicted molar refractivity (Wildman–Crippen MR) is 58.7 cm³/mol. The Morgan fingerprint density at radius 1 is 1.53 bits per heavy atom. The van der Waals surface area contributed by atoms with Crippen LogP contribution >= 0.6 is 0 Å². The zero-order valence-electron chi connectivity index (χ0n) is 8.82. The summed E-state index contributed by atoms with van der Waals surface area (Å²) in [6.45, 7) is 3.34. The highest BCUT2D eigenvalue weighted by Gasteiger charge is 1.95. The van der Waals surface area contributed by atoms with Gasteiger partial charge in [0.1, 0.15) is 12.4 Å². The lowest BCUT2D eigenvalue weighted by atomic mass is 10.2. The first kappa shape index (κ1) is 11.5. The van der Waals surface area contributed by atoms with E-state index in [1.807, 2.05) is 31.2 Å². The van der Waals surface area contributed by atoms with E-state index >= 15 is 0 Å². The number of carbonyl (C=O) groups is 1. The van der Waals surface area contributed by atoms with Crippen LogP contribution in [0.4, 0.5) is 0 Å². The normalized spacial score (nSPS) is 9.93. The summed E-state index contributed by atoms with van der Waals surface area (Å²) in [5, 5.41) is 2.87. The predicted octanol–water partition coefficient (Wildman–Crippen LogP) is 0.449. The van der Waals surface area contributed by atoms with Crippen LogP contribution in [0, 0.1) is 6.92 Å². The minimum absolute atomic E-state index is 0.192. The van der Waals surface area contributed by atoms with Crippen LogP contribution in [0.25, 0.3) is 0 Å². The second-order valence-electron chi connectivity index (χ2n) is 3.31. The number of hydrogen-bond acceptors (Lipinski definition) is 3. The summed E-state index contributed by atoms with van der Waals surface area (Å²) in [7, 11) is 0. The van der Waals surface area contributed by atoms with Crippen molar-refractivity contribution in [3.8, 4) is 5.75 Å². The number of benzene rings is 1. The third kappa shape index (κ3) is 5.02. The molecule has 1 rings (SSSR count). The highest BCUT2D eigenvalue weighted by atomic mass is 16.5. The Morgan fingerprint density at radius 3 is 3.00 bits per heavy atom. The molecular weight excluding hydrogens is 192 g/mol. The molecule has 0 saturated carbocycles. The lowest BCUT2D eigenvalue weighted by Gasteiger charge is -2.06. The summed E-state index contributed by atoms with van der Waals surface area (Å²) in [6, 6.07) is 7.83. The summed E-state index contributed by atoms with van der Waals surface area (Å²) in [6.07, 6.45) is 0. The highest BCUT2D eigenvalue weighted by molar-refractivity contribution is 5.75. The molecule has 0 fully saturated rings. The number of nitrogens with one attached hydrogen (secondary N) is 1. The van der Waals surface area contributed by atoms with Crippen molar-refractivity contribution < 1.29 is 9.53 Å². The minimum Gasteiger partial charge on any atom is -0.492 e. The van der Waals surface area contributed by atoms with Crippen LogP contribution in [-0.4, -0.2) is 25.6 Å². The average Bonchev–Trinajstić information content (AvgIpc) is 2.17. The summed E-state index contributed by atoms with van der Waals surface area (Å²) < 4.78 is 5.45. The molecule has 1 aromatic carbocycles. The highest BCUT2D eigenvalue weighted by Crippen LogP contribution is 2.11. The number of aryl methyl sites for hydroxylation is 1. The second kappa shape index (κ2) is 6.03. The van der Waals surface area contributed by atoms with Crippen LogP contribution in [0.5, 0.6) is 5.75 Å². The van der Waals surface area contributed by atoms with Gasteiger partial charge in [-0.15, -0.1) is 0 Å². The van der Waals surface area contributed by atoms with Crippen LogP contribution in [0.15, 0.2) is 24.3 Å². The Hall–Kier alpha value is -1.55. The lowest BCUT2D eigenvalue weighted by Crippen LogP contribution is -2.31. The fraction of sp³-hybridized carbons (Fsp3) is 0.364. The third-order valence-electron chi connectivity index (χ3n) is 1.84. The topological polar surface area (TPSA) is 64.3 Å². The van der Waals surface area contributed by atoms with Gasteiger partial charge in [0.25, 0.3) is 0 Å². The van der Waals surface area contributed by atoms with E-state index in [2.05, 4.69) is 5.32 Å². The van der Waals surface area contributed by atoms with E-state index in [4.69, 9.17) is 10.5 Å².